The molecule has 3 aromatic carbocycles. The van der Waals surface area contributed by atoms with Gasteiger partial charge in [-0.2, -0.15) is 0 Å². The molecule has 1 saturated carbocycles. The largest absolute Gasteiger partial charge is 0.342 e. The van der Waals surface area contributed by atoms with Gasteiger partial charge in [-0.15, -0.1) is 0 Å². The number of piperidine rings is 1. The summed E-state index contributed by atoms with van der Waals surface area (Å²) in [5.74, 6) is 0.351. The lowest BCUT2D eigenvalue weighted by molar-refractivity contribution is -0.139. The number of hydrogen-bond donors (Lipinski definition) is 0. The van der Waals surface area contributed by atoms with E-state index in [-0.39, 0.29) is 5.91 Å². The molecular weight excluding hydrogens is 592 g/mol. The Morgan fingerprint density at radius 2 is 1.22 bits per heavy atom. The number of halogens is 1. The van der Waals surface area contributed by atoms with Crippen LogP contribution in [0.5, 0.6) is 0 Å². The van der Waals surface area contributed by atoms with E-state index in [9.17, 15) is 9.59 Å². The van der Waals surface area contributed by atoms with Crippen LogP contribution in [-0.4, -0.2) is 76.8 Å². The van der Waals surface area contributed by atoms with Crippen molar-refractivity contribution in [1.82, 2.24) is 19.7 Å². The average Bonchev–Trinajstić information content (AvgIpc) is 3.63. The van der Waals surface area contributed by atoms with Crippen molar-refractivity contribution in [2.75, 3.05) is 39.3 Å². The molecular formula is C39H41ClN4O2. The molecule has 236 valence electrons. The van der Waals surface area contributed by atoms with Crippen LogP contribution < -0.4 is 0 Å². The minimum absolute atomic E-state index is 0.0564. The molecule has 2 amide bonds. The predicted molar refractivity (Wildman–Crippen MR) is 184 cm³/mol. The molecule has 7 heteroatoms. The zero-order valence-corrected chi connectivity index (χ0v) is 27.0. The Bertz CT molecular complexity index is 1600. The molecule has 46 heavy (non-hydrogen) atoms. The first-order chi connectivity index (χ1) is 22.5. The highest BCUT2D eigenvalue weighted by Crippen LogP contribution is 2.43. The molecule has 3 aliphatic rings. The number of benzene rings is 3. The van der Waals surface area contributed by atoms with Gasteiger partial charge in [-0.25, -0.2) is 4.98 Å². The Balaban J connectivity index is 0.992. The Labute approximate surface area is 277 Å². The monoisotopic (exact) mass is 632 g/mol. The van der Waals surface area contributed by atoms with Crippen molar-refractivity contribution in [3.8, 4) is 22.5 Å². The normalized spacial score (nSPS) is 18.9. The van der Waals surface area contributed by atoms with Gasteiger partial charge >= 0.3 is 0 Å². The molecule has 0 N–H and O–H groups in total. The summed E-state index contributed by atoms with van der Waals surface area (Å²) in [5, 5.41) is 0.710. The fourth-order valence-electron chi connectivity index (χ4n) is 7.75. The zero-order valence-electron chi connectivity index (χ0n) is 26.3. The molecule has 2 aliphatic heterocycles. The third-order valence-corrected chi connectivity index (χ3v) is 10.6. The van der Waals surface area contributed by atoms with Crippen LogP contribution >= 0.6 is 11.6 Å². The van der Waals surface area contributed by atoms with Crippen molar-refractivity contribution in [3.63, 3.8) is 0 Å². The Morgan fingerprint density at radius 3 is 1.76 bits per heavy atom. The van der Waals surface area contributed by atoms with Gasteiger partial charge in [-0.1, -0.05) is 97.2 Å². The molecule has 0 atom stereocenters. The van der Waals surface area contributed by atoms with E-state index in [0.29, 0.717) is 35.6 Å². The molecule has 0 unspecified atom stereocenters. The smallest absolute Gasteiger partial charge is 0.254 e. The lowest BCUT2D eigenvalue weighted by atomic mass is 9.77. The van der Waals surface area contributed by atoms with Crippen LogP contribution in [0.2, 0.25) is 5.02 Å². The maximum absolute atomic E-state index is 14.0. The number of piperazine rings is 1. The van der Waals surface area contributed by atoms with Gasteiger partial charge in [0.05, 0.1) is 16.8 Å². The molecule has 2 saturated heterocycles. The van der Waals surface area contributed by atoms with Crippen LogP contribution in [-0.2, 0) is 10.2 Å². The van der Waals surface area contributed by atoms with Gasteiger partial charge in [0.15, 0.2) is 0 Å². The van der Waals surface area contributed by atoms with E-state index in [4.69, 9.17) is 16.6 Å². The summed E-state index contributed by atoms with van der Waals surface area (Å²) < 4.78 is 0. The maximum atomic E-state index is 14.0. The first-order valence-electron chi connectivity index (χ1n) is 16.7. The molecule has 3 heterocycles. The first kappa shape index (κ1) is 30.6. The van der Waals surface area contributed by atoms with E-state index in [1.165, 1.54) is 0 Å². The van der Waals surface area contributed by atoms with Crippen molar-refractivity contribution in [2.24, 2.45) is 0 Å². The summed E-state index contributed by atoms with van der Waals surface area (Å²) in [6.45, 7) is 4.67. The topological polar surface area (TPSA) is 56.8 Å². The molecule has 4 aromatic rings. The summed E-state index contributed by atoms with van der Waals surface area (Å²) in [7, 11) is 0. The van der Waals surface area contributed by atoms with Crippen LogP contribution in [0.25, 0.3) is 22.5 Å². The van der Waals surface area contributed by atoms with Gasteiger partial charge < -0.3 is 9.80 Å². The Kier molecular flexibility index (Phi) is 8.92. The van der Waals surface area contributed by atoms with Crippen LogP contribution in [0, 0.1) is 0 Å². The lowest BCUT2D eigenvalue weighted by Crippen LogP contribution is -2.56. The van der Waals surface area contributed by atoms with Crippen LogP contribution in [0.4, 0.5) is 0 Å². The van der Waals surface area contributed by atoms with Gasteiger partial charge in [0, 0.05) is 67.0 Å². The van der Waals surface area contributed by atoms with Crippen molar-refractivity contribution < 1.29 is 9.59 Å². The van der Waals surface area contributed by atoms with Crippen molar-refractivity contribution in [2.45, 2.75) is 50.0 Å². The third-order valence-electron chi connectivity index (χ3n) is 10.3. The van der Waals surface area contributed by atoms with Gasteiger partial charge in [0.2, 0.25) is 5.91 Å². The van der Waals surface area contributed by atoms with E-state index < -0.39 is 5.41 Å². The minimum Gasteiger partial charge on any atom is -0.342 e. The number of rotatable bonds is 6. The highest BCUT2D eigenvalue weighted by molar-refractivity contribution is 6.30. The highest BCUT2D eigenvalue weighted by atomic mass is 35.5. The third kappa shape index (κ3) is 6.21. The van der Waals surface area contributed by atoms with Crippen molar-refractivity contribution in [1.29, 1.82) is 0 Å². The van der Waals surface area contributed by atoms with Gasteiger partial charge in [0.1, 0.15) is 0 Å². The van der Waals surface area contributed by atoms with E-state index in [0.717, 1.165) is 92.8 Å². The van der Waals surface area contributed by atoms with E-state index in [1.807, 2.05) is 89.8 Å². The summed E-state index contributed by atoms with van der Waals surface area (Å²) in [6, 6.07) is 32.4. The van der Waals surface area contributed by atoms with Gasteiger partial charge in [-0.05, 0) is 55.5 Å². The minimum atomic E-state index is -0.406. The number of carbonyl (C=O) groups excluding carboxylic acids is 2. The number of aromatic nitrogens is 1. The fraction of sp³-hybridized carbons (Fsp3) is 0.359. The predicted octanol–water partition coefficient (Wildman–Crippen LogP) is 7.33. The Hall–Kier alpha value is -4.00. The quantitative estimate of drug-likeness (QED) is 0.223. The van der Waals surface area contributed by atoms with Crippen molar-refractivity contribution in [3.05, 3.63) is 113 Å². The molecule has 0 spiro atoms. The van der Waals surface area contributed by atoms with Gasteiger partial charge in [-0.3, -0.25) is 14.5 Å². The molecule has 0 bridgehead atoms. The molecule has 3 fully saturated rings. The average molecular weight is 633 g/mol. The van der Waals surface area contributed by atoms with Crippen LogP contribution in [0.1, 0.15) is 54.4 Å². The number of amides is 2. The summed E-state index contributed by atoms with van der Waals surface area (Å²) in [4.78, 5) is 39.5. The summed E-state index contributed by atoms with van der Waals surface area (Å²) in [6.07, 6.45) is 5.97. The molecule has 1 aliphatic carbocycles. The number of hydrogen-bond acceptors (Lipinski definition) is 4. The van der Waals surface area contributed by atoms with E-state index in [2.05, 4.69) is 21.9 Å². The zero-order chi connectivity index (χ0) is 31.5. The second-order valence-electron chi connectivity index (χ2n) is 13.0. The number of carbonyl (C=O) groups is 2. The van der Waals surface area contributed by atoms with E-state index >= 15 is 0 Å². The molecule has 1 aromatic heterocycles. The number of nitrogens with zero attached hydrogens (tertiary/aromatic N) is 4. The first-order valence-corrected chi connectivity index (χ1v) is 17.1. The molecule has 7 rings (SSSR count). The lowest BCUT2D eigenvalue weighted by Gasteiger charge is -2.44. The van der Waals surface area contributed by atoms with Gasteiger partial charge in [0.25, 0.3) is 5.91 Å². The second-order valence-corrected chi connectivity index (χ2v) is 13.4. The Morgan fingerprint density at radius 1 is 0.674 bits per heavy atom. The summed E-state index contributed by atoms with van der Waals surface area (Å²) >= 11 is 6.17. The molecule has 6 nitrogen and oxygen atoms in total. The SMILES string of the molecule is O=C(c1cc(-c2ccccc2)nc(-c2ccccc2)c1)N1CCN(C2CCN(C(=O)C3(c4ccc(Cl)cc4)CCCC3)CC2)CC1. The maximum Gasteiger partial charge on any atom is 0.254 e. The number of likely N-dealkylation sites (tertiary alicyclic amines) is 1. The van der Waals surface area contributed by atoms with Crippen LogP contribution in [0.15, 0.2) is 97.1 Å². The summed E-state index contributed by atoms with van der Waals surface area (Å²) in [5.41, 5.74) is 4.99. The molecule has 0 radical (unpaired) electrons. The number of pyridine rings is 1. The van der Waals surface area contributed by atoms with E-state index in [1.54, 1.807) is 0 Å². The second kappa shape index (κ2) is 13.4. The standard InChI is InChI=1S/C39H41ClN4O2/c40-33-15-13-32(14-16-33)39(19-7-8-20-39)38(46)44-21-17-34(18-22-44)42-23-25-43(26-24-42)37(45)31-27-35(29-9-3-1-4-10-29)41-36(28-31)30-11-5-2-6-12-30/h1-6,9-16,27-28,34H,7-8,17-26H2. The highest BCUT2D eigenvalue weighted by Gasteiger charge is 2.45. The fourth-order valence-corrected chi connectivity index (χ4v) is 7.88. The van der Waals surface area contributed by atoms with Crippen molar-refractivity contribution >= 4 is 23.4 Å². The van der Waals surface area contributed by atoms with Crippen LogP contribution in [0.3, 0.4) is 0 Å².